The highest BCUT2D eigenvalue weighted by atomic mass is 19.1. The minimum Gasteiger partial charge on any atom is -0.344 e. The second kappa shape index (κ2) is 5.96. The monoisotopic (exact) mass is 247 g/mol. The van der Waals surface area contributed by atoms with Gasteiger partial charge in [-0.3, -0.25) is 0 Å². The summed E-state index contributed by atoms with van der Waals surface area (Å²) >= 11 is 0. The summed E-state index contributed by atoms with van der Waals surface area (Å²) in [5.74, 6) is 0.683. The van der Waals surface area contributed by atoms with Crippen molar-refractivity contribution in [1.29, 1.82) is 0 Å². The molecule has 1 aliphatic carbocycles. The molecule has 0 aliphatic heterocycles. The van der Waals surface area contributed by atoms with Crippen LogP contribution in [0.2, 0.25) is 0 Å². The molecule has 0 bridgehead atoms. The van der Waals surface area contributed by atoms with E-state index >= 15 is 0 Å². The van der Waals surface area contributed by atoms with Gasteiger partial charge in [0.25, 0.3) is 0 Å². The van der Waals surface area contributed by atoms with Crippen LogP contribution in [0.3, 0.4) is 0 Å². The van der Waals surface area contributed by atoms with Crippen LogP contribution in [0.5, 0.6) is 0 Å². The Hall–Kier alpha value is -1.41. The minimum atomic E-state index is -0.0696. The molecule has 0 heterocycles. The largest absolute Gasteiger partial charge is 0.344 e. The second-order valence-electron chi connectivity index (χ2n) is 5.04. The SMILES string of the molecule is C=Cc1cc(F)c2c(c1)CC=CCC2C(C)C.N. The Morgan fingerprint density at radius 2 is 2.06 bits per heavy atom. The van der Waals surface area contributed by atoms with Crippen LogP contribution < -0.4 is 6.15 Å². The van der Waals surface area contributed by atoms with E-state index in [4.69, 9.17) is 0 Å². The summed E-state index contributed by atoms with van der Waals surface area (Å²) in [6.45, 7) is 8.04. The number of rotatable bonds is 2. The van der Waals surface area contributed by atoms with Gasteiger partial charge < -0.3 is 6.15 Å². The number of fused-ring (bicyclic) bond motifs is 1. The third kappa shape index (κ3) is 2.70. The van der Waals surface area contributed by atoms with E-state index < -0.39 is 0 Å². The number of hydrogen-bond donors (Lipinski definition) is 1. The lowest BCUT2D eigenvalue weighted by Crippen LogP contribution is -2.10. The second-order valence-corrected chi connectivity index (χ2v) is 5.04. The lowest BCUT2D eigenvalue weighted by Gasteiger charge is -2.22. The first-order valence-electron chi connectivity index (χ1n) is 6.23. The zero-order valence-corrected chi connectivity index (χ0v) is 11.2. The standard InChI is InChI=1S/C16H19F.H3N/c1-4-12-9-13-7-5-6-8-14(11(2)3)16(13)15(17)10-12;/h4-6,9-11,14H,1,7-8H2,2-3H3;1H3. The van der Waals surface area contributed by atoms with Gasteiger partial charge in [0.1, 0.15) is 5.82 Å². The molecule has 2 heteroatoms. The molecule has 1 aromatic carbocycles. The van der Waals surface area contributed by atoms with E-state index in [9.17, 15) is 4.39 Å². The van der Waals surface area contributed by atoms with Gasteiger partial charge in [0, 0.05) is 0 Å². The molecule has 1 aromatic rings. The average molecular weight is 247 g/mol. The van der Waals surface area contributed by atoms with Crippen molar-refractivity contribution in [3.8, 4) is 0 Å². The maximum absolute atomic E-state index is 14.2. The topological polar surface area (TPSA) is 35.0 Å². The van der Waals surface area contributed by atoms with E-state index in [-0.39, 0.29) is 12.0 Å². The average Bonchev–Trinajstić information content (AvgIpc) is 2.51. The van der Waals surface area contributed by atoms with Crippen LogP contribution in [0.25, 0.3) is 6.08 Å². The maximum atomic E-state index is 14.2. The molecule has 0 fully saturated rings. The Kier molecular flexibility index (Phi) is 4.85. The summed E-state index contributed by atoms with van der Waals surface area (Å²) in [5, 5.41) is 0. The van der Waals surface area contributed by atoms with Gasteiger partial charge >= 0.3 is 0 Å². The molecule has 98 valence electrons. The maximum Gasteiger partial charge on any atom is 0.127 e. The third-order valence-electron chi connectivity index (χ3n) is 3.54. The van der Waals surface area contributed by atoms with Crippen molar-refractivity contribution in [1.82, 2.24) is 6.15 Å². The van der Waals surface area contributed by atoms with Crippen LogP contribution in [-0.2, 0) is 6.42 Å². The summed E-state index contributed by atoms with van der Waals surface area (Å²) in [7, 11) is 0. The fraction of sp³-hybridized carbons (Fsp3) is 0.375. The van der Waals surface area contributed by atoms with E-state index in [0.717, 1.165) is 29.5 Å². The Morgan fingerprint density at radius 3 is 2.67 bits per heavy atom. The van der Waals surface area contributed by atoms with Crippen molar-refractivity contribution in [3.05, 3.63) is 53.4 Å². The van der Waals surface area contributed by atoms with Crippen LogP contribution in [0, 0.1) is 11.7 Å². The van der Waals surface area contributed by atoms with Gasteiger partial charge in [-0.25, -0.2) is 4.39 Å². The van der Waals surface area contributed by atoms with Crippen LogP contribution in [0.4, 0.5) is 4.39 Å². The predicted octanol–water partition coefficient (Wildman–Crippen LogP) is 4.87. The van der Waals surface area contributed by atoms with E-state index in [1.165, 1.54) is 0 Å². The van der Waals surface area contributed by atoms with E-state index in [1.807, 2.05) is 0 Å². The molecule has 1 aliphatic rings. The van der Waals surface area contributed by atoms with Crippen LogP contribution in [0.15, 0.2) is 30.9 Å². The van der Waals surface area contributed by atoms with Crippen molar-refractivity contribution in [2.75, 3.05) is 0 Å². The summed E-state index contributed by atoms with van der Waals surface area (Å²) < 4.78 is 14.2. The molecule has 1 nitrogen and oxygen atoms in total. The Labute approximate surface area is 109 Å². The molecule has 1 unspecified atom stereocenters. The summed E-state index contributed by atoms with van der Waals surface area (Å²) in [6.07, 6.45) is 7.81. The lowest BCUT2D eigenvalue weighted by atomic mass is 9.83. The summed E-state index contributed by atoms with van der Waals surface area (Å²) in [4.78, 5) is 0. The highest BCUT2D eigenvalue weighted by Gasteiger charge is 2.23. The van der Waals surface area contributed by atoms with Gasteiger partial charge in [-0.15, -0.1) is 0 Å². The molecular formula is C16H22FN. The van der Waals surface area contributed by atoms with Gasteiger partial charge in [0.2, 0.25) is 0 Å². The van der Waals surface area contributed by atoms with Crippen molar-refractivity contribution < 1.29 is 4.39 Å². The molecule has 0 radical (unpaired) electrons. The van der Waals surface area contributed by atoms with E-state index in [1.54, 1.807) is 12.1 Å². The van der Waals surface area contributed by atoms with Gasteiger partial charge in [-0.1, -0.05) is 44.7 Å². The van der Waals surface area contributed by atoms with Crippen molar-refractivity contribution >= 4 is 6.08 Å². The van der Waals surface area contributed by atoms with Crippen LogP contribution >= 0.6 is 0 Å². The molecule has 0 amide bonds. The molecular weight excluding hydrogens is 225 g/mol. The highest BCUT2D eigenvalue weighted by Crippen LogP contribution is 2.35. The number of hydrogen-bond acceptors (Lipinski definition) is 1. The predicted molar refractivity (Wildman–Crippen MR) is 76.6 cm³/mol. The normalized spacial score (nSPS) is 17.9. The van der Waals surface area contributed by atoms with E-state index in [2.05, 4.69) is 38.6 Å². The van der Waals surface area contributed by atoms with Crippen LogP contribution in [-0.4, -0.2) is 0 Å². The third-order valence-corrected chi connectivity index (χ3v) is 3.54. The van der Waals surface area contributed by atoms with Crippen molar-refractivity contribution in [2.24, 2.45) is 5.92 Å². The van der Waals surface area contributed by atoms with Gasteiger partial charge in [0.05, 0.1) is 0 Å². The first-order chi connectivity index (χ1) is 8.13. The minimum absolute atomic E-state index is 0. The van der Waals surface area contributed by atoms with Gasteiger partial charge in [-0.2, -0.15) is 0 Å². The van der Waals surface area contributed by atoms with Crippen LogP contribution in [0.1, 0.15) is 42.9 Å². The van der Waals surface area contributed by atoms with Crippen molar-refractivity contribution in [2.45, 2.75) is 32.6 Å². The molecule has 2 rings (SSSR count). The molecule has 3 N–H and O–H groups in total. The van der Waals surface area contributed by atoms with Gasteiger partial charge in [-0.05, 0) is 47.4 Å². The molecule has 0 aromatic heterocycles. The molecule has 1 atom stereocenters. The number of benzene rings is 1. The summed E-state index contributed by atoms with van der Waals surface area (Å²) in [6, 6.07) is 3.67. The lowest BCUT2D eigenvalue weighted by molar-refractivity contribution is 0.475. The fourth-order valence-electron chi connectivity index (χ4n) is 2.58. The summed E-state index contributed by atoms with van der Waals surface area (Å²) in [5.41, 5.74) is 2.90. The molecule has 0 saturated carbocycles. The fourth-order valence-corrected chi connectivity index (χ4v) is 2.58. The van der Waals surface area contributed by atoms with E-state index in [0.29, 0.717) is 11.8 Å². The molecule has 0 saturated heterocycles. The first-order valence-corrected chi connectivity index (χ1v) is 6.23. The first kappa shape index (κ1) is 14.7. The zero-order chi connectivity index (χ0) is 12.4. The highest BCUT2D eigenvalue weighted by molar-refractivity contribution is 5.52. The Balaban J connectivity index is 0.00000162. The number of halogens is 1. The quantitative estimate of drug-likeness (QED) is 0.743. The molecule has 0 spiro atoms. The smallest absolute Gasteiger partial charge is 0.127 e. The van der Waals surface area contributed by atoms with Crippen molar-refractivity contribution in [3.63, 3.8) is 0 Å². The number of allylic oxidation sites excluding steroid dienone is 2. The zero-order valence-electron chi connectivity index (χ0n) is 11.2. The Morgan fingerprint density at radius 1 is 1.33 bits per heavy atom. The molecule has 18 heavy (non-hydrogen) atoms. The van der Waals surface area contributed by atoms with Gasteiger partial charge in [0.15, 0.2) is 0 Å². The Bertz CT molecular complexity index is 460.